The van der Waals surface area contributed by atoms with E-state index in [2.05, 4.69) is 17.5 Å². The number of benzene rings is 2. The molecule has 1 aliphatic carbocycles. The van der Waals surface area contributed by atoms with Crippen LogP contribution in [0.25, 0.3) is 10.8 Å². The molecule has 0 bridgehead atoms. The first-order valence-corrected chi connectivity index (χ1v) is 7.54. The third-order valence-corrected chi connectivity index (χ3v) is 4.39. The first-order chi connectivity index (χ1) is 9.88. The van der Waals surface area contributed by atoms with Gasteiger partial charge in [-0.3, -0.25) is 0 Å². The fraction of sp³-hybridized carbons (Fsp3) is 0.389. The van der Waals surface area contributed by atoms with E-state index in [1.807, 2.05) is 30.3 Å². The summed E-state index contributed by atoms with van der Waals surface area (Å²) in [6.07, 6.45) is 6.87. The first-order valence-electron chi connectivity index (χ1n) is 7.54. The maximum atomic E-state index is 9.18. The van der Waals surface area contributed by atoms with E-state index in [9.17, 15) is 5.26 Å². The van der Waals surface area contributed by atoms with E-state index in [0.717, 1.165) is 34.5 Å². The molecule has 20 heavy (non-hydrogen) atoms. The monoisotopic (exact) mass is 264 g/mol. The van der Waals surface area contributed by atoms with Gasteiger partial charge in [0.1, 0.15) is 0 Å². The average molecular weight is 264 g/mol. The van der Waals surface area contributed by atoms with Crippen LogP contribution in [0.15, 0.2) is 36.4 Å². The summed E-state index contributed by atoms with van der Waals surface area (Å²) in [6.45, 7) is 1.03. The van der Waals surface area contributed by atoms with E-state index in [4.69, 9.17) is 0 Å². The van der Waals surface area contributed by atoms with Crippen LogP contribution in [0.2, 0.25) is 0 Å². The van der Waals surface area contributed by atoms with Gasteiger partial charge in [0.2, 0.25) is 0 Å². The average Bonchev–Trinajstić information content (AvgIpc) is 3.01. The minimum absolute atomic E-state index is 0.752. The zero-order valence-electron chi connectivity index (χ0n) is 11.7. The Hall–Kier alpha value is -2.01. The van der Waals surface area contributed by atoms with Crippen molar-refractivity contribution in [3.05, 3.63) is 42.0 Å². The van der Waals surface area contributed by atoms with Crippen molar-refractivity contribution in [3.63, 3.8) is 0 Å². The molecule has 102 valence electrons. The Bertz CT molecular complexity index is 633. The highest BCUT2D eigenvalue weighted by Crippen LogP contribution is 2.29. The lowest BCUT2D eigenvalue weighted by Gasteiger charge is -2.13. The van der Waals surface area contributed by atoms with Crippen LogP contribution in [0.4, 0.5) is 5.69 Å². The summed E-state index contributed by atoms with van der Waals surface area (Å²) in [5, 5.41) is 14.9. The number of nitrogens with one attached hydrogen (secondary N) is 1. The van der Waals surface area contributed by atoms with Crippen LogP contribution in [0.1, 0.15) is 37.7 Å². The topological polar surface area (TPSA) is 35.8 Å². The third-order valence-electron chi connectivity index (χ3n) is 4.39. The van der Waals surface area contributed by atoms with Gasteiger partial charge < -0.3 is 5.32 Å². The largest absolute Gasteiger partial charge is 0.385 e. The molecule has 3 rings (SSSR count). The van der Waals surface area contributed by atoms with Gasteiger partial charge in [0.05, 0.1) is 11.6 Å². The second-order valence-corrected chi connectivity index (χ2v) is 5.68. The van der Waals surface area contributed by atoms with E-state index < -0.39 is 0 Å². The van der Waals surface area contributed by atoms with Gasteiger partial charge in [-0.05, 0) is 24.5 Å². The molecule has 1 aliphatic rings. The third kappa shape index (κ3) is 2.63. The highest BCUT2D eigenvalue weighted by atomic mass is 14.9. The van der Waals surface area contributed by atoms with Crippen LogP contribution in [-0.4, -0.2) is 6.54 Å². The van der Waals surface area contributed by atoms with Crippen LogP contribution in [0, 0.1) is 17.2 Å². The van der Waals surface area contributed by atoms with Gasteiger partial charge in [0, 0.05) is 23.0 Å². The minimum atomic E-state index is 0.752. The lowest BCUT2D eigenvalue weighted by atomic mass is 10.0. The lowest BCUT2D eigenvalue weighted by Crippen LogP contribution is -2.07. The van der Waals surface area contributed by atoms with Crippen molar-refractivity contribution in [2.75, 3.05) is 11.9 Å². The quantitative estimate of drug-likeness (QED) is 0.868. The van der Waals surface area contributed by atoms with E-state index in [1.54, 1.807) is 0 Å². The molecular weight excluding hydrogens is 244 g/mol. The molecule has 1 fully saturated rings. The van der Waals surface area contributed by atoms with Crippen LogP contribution < -0.4 is 5.32 Å². The van der Waals surface area contributed by atoms with Gasteiger partial charge in [-0.2, -0.15) is 5.26 Å². The molecule has 0 saturated heterocycles. The molecule has 0 radical (unpaired) electrons. The number of nitrogens with zero attached hydrogens (tertiary/aromatic N) is 1. The molecule has 0 amide bonds. The normalized spacial score (nSPS) is 15.3. The summed E-state index contributed by atoms with van der Waals surface area (Å²) in [7, 11) is 0. The number of hydrogen-bond donors (Lipinski definition) is 1. The number of rotatable bonds is 4. The molecule has 0 unspecified atom stereocenters. The van der Waals surface area contributed by atoms with E-state index in [-0.39, 0.29) is 0 Å². The standard InChI is InChI=1S/C18H20N2/c19-13-15-9-10-18(17-8-4-3-7-16(15)17)20-12-11-14-5-1-2-6-14/h3-4,7-10,14,20H,1-2,5-6,11-12H2. The van der Waals surface area contributed by atoms with Crippen molar-refractivity contribution in [1.82, 2.24) is 0 Å². The predicted molar refractivity (Wildman–Crippen MR) is 83.7 cm³/mol. The number of nitriles is 1. The maximum absolute atomic E-state index is 9.18. The summed E-state index contributed by atoms with van der Waals surface area (Å²) in [5.74, 6) is 0.909. The molecule has 2 heteroatoms. The second kappa shape index (κ2) is 5.96. The predicted octanol–water partition coefficient (Wildman–Crippen LogP) is 4.70. The lowest BCUT2D eigenvalue weighted by molar-refractivity contribution is 0.519. The van der Waals surface area contributed by atoms with Gasteiger partial charge in [-0.1, -0.05) is 49.9 Å². The van der Waals surface area contributed by atoms with Gasteiger partial charge in [0.15, 0.2) is 0 Å². The highest BCUT2D eigenvalue weighted by molar-refractivity contribution is 5.97. The Morgan fingerprint density at radius 2 is 1.80 bits per heavy atom. The zero-order chi connectivity index (χ0) is 13.8. The second-order valence-electron chi connectivity index (χ2n) is 5.68. The molecule has 0 spiro atoms. The molecule has 2 aromatic carbocycles. The molecule has 1 saturated carbocycles. The van der Waals surface area contributed by atoms with Gasteiger partial charge >= 0.3 is 0 Å². The Balaban J connectivity index is 1.76. The van der Waals surface area contributed by atoms with Crippen molar-refractivity contribution >= 4 is 16.5 Å². The van der Waals surface area contributed by atoms with Crippen molar-refractivity contribution in [2.45, 2.75) is 32.1 Å². The molecule has 2 aromatic rings. The molecule has 0 heterocycles. The van der Waals surface area contributed by atoms with E-state index in [1.165, 1.54) is 32.1 Å². The summed E-state index contributed by atoms with van der Waals surface area (Å²) >= 11 is 0. The SMILES string of the molecule is N#Cc1ccc(NCCC2CCCC2)c2ccccc12. The van der Waals surface area contributed by atoms with Crippen LogP contribution in [0.5, 0.6) is 0 Å². The van der Waals surface area contributed by atoms with Crippen molar-refractivity contribution in [3.8, 4) is 6.07 Å². The van der Waals surface area contributed by atoms with Crippen molar-refractivity contribution < 1.29 is 0 Å². The van der Waals surface area contributed by atoms with Crippen molar-refractivity contribution in [1.29, 1.82) is 5.26 Å². The fourth-order valence-electron chi connectivity index (χ4n) is 3.26. The summed E-state index contributed by atoms with van der Waals surface area (Å²) in [5.41, 5.74) is 1.90. The number of fused-ring (bicyclic) bond motifs is 1. The summed E-state index contributed by atoms with van der Waals surface area (Å²) in [4.78, 5) is 0. The Kier molecular flexibility index (Phi) is 3.87. The van der Waals surface area contributed by atoms with Gasteiger partial charge in [-0.25, -0.2) is 0 Å². The Morgan fingerprint density at radius 3 is 2.55 bits per heavy atom. The minimum Gasteiger partial charge on any atom is -0.385 e. The number of hydrogen-bond acceptors (Lipinski definition) is 2. The summed E-state index contributed by atoms with van der Waals surface area (Å²) < 4.78 is 0. The van der Waals surface area contributed by atoms with Crippen LogP contribution >= 0.6 is 0 Å². The molecule has 0 aliphatic heterocycles. The smallest absolute Gasteiger partial charge is 0.0998 e. The highest BCUT2D eigenvalue weighted by Gasteiger charge is 2.14. The fourth-order valence-corrected chi connectivity index (χ4v) is 3.26. The van der Waals surface area contributed by atoms with E-state index in [0.29, 0.717) is 0 Å². The van der Waals surface area contributed by atoms with Crippen LogP contribution in [-0.2, 0) is 0 Å². The molecule has 1 N–H and O–H groups in total. The van der Waals surface area contributed by atoms with Crippen molar-refractivity contribution in [2.24, 2.45) is 5.92 Å². The van der Waals surface area contributed by atoms with E-state index >= 15 is 0 Å². The Labute approximate surface area is 120 Å². The maximum Gasteiger partial charge on any atom is 0.0998 e. The van der Waals surface area contributed by atoms with Crippen LogP contribution in [0.3, 0.4) is 0 Å². The molecule has 2 nitrogen and oxygen atoms in total. The Morgan fingerprint density at radius 1 is 1.05 bits per heavy atom. The van der Waals surface area contributed by atoms with Gasteiger partial charge in [0.25, 0.3) is 0 Å². The molecular formula is C18H20N2. The first kappa shape index (κ1) is 13.0. The molecule has 0 aromatic heterocycles. The van der Waals surface area contributed by atoms with Gasteiger partial charge in [-0.15, -0.1) is 0 Å². The summed E-state index contributed by atoms with van der Waals surface area (Å²) in [6, 6.07) is 14.4. The number of anilines is 1. The zero-order valence-corrected chi connectivity index (χ0v) is 11.7. The molecule has 0 atom stereocenters.